The second-order valence-electron chi connectivity index (χ2n) is 3.77. The fourth-order valence-electron chi connectivity index (χ4n) is 1.46. The van der Waals surface area contributed by atoms with Gasteiger partial charge in [0.1, 0.15) is 6.61 Å². The maximum absolute atomic E-state index is 11.3. The van der Waals surface area contributed by atoms with E-state index in [2.05, 4.69) is 21.7 Å². The summed E-state index contributed by atoms with van der Waals surface area (Å²) >= 11 is 1.67. The fourth-order valence-corrected chi connectivity index (χ4v) is 2.16. The Labute approximate surface area is 100 Å². The van der Waals surface area contributed by atoms with Crippen molar-refractivity contribution in [1.29, 1.82) is 0 Å². The van der Waals surface area contributed by atoms with Crippen LogP contribution in [0.4, 0.5) is 0 Å². The largest absolute Gasteiger partial charge is 0.375 e. The first-order chi connectivity index (χ1) is 7.65. The molecule has 0 spiro atoms. The number of amides is 1. The zero-order chi connectivity index (χ0) is 12.0. The maximum atomic E-state index is 11.3. The number of hydrogen-bond donors (Lipinski definition) is 1. The van der Waals surface area contributed by atoms with Crippen LogP contribution in [0.15, 0.2) is 16.8 Å². The molecule has 1 unspecified atom stereocenters. The first-order valence-electron chi connectivity index (χ1n) is 5.09. The molecule has 0 bridgehead atoms. The van der Waals surface area contributed by atoms with E-state index in [-0.39, 0.29) is 18.6 Å². The number of carbonyl (C=O) groups excluding carboxylic acids is 1. The third-order valence-corrected chi connectivity index (χ3v) is 3.02. The Morgan fingerprint density at radius 2 is 2.38 bits per heavy atom. The quantitative estimate of drug-likeness (QED) is 0.812. The summed E-state index contributed by atoms with van der Waals surface area (Å²) < 4.78 is 4.76. The molecular formula is C11H18N2O2S. The highest BCUT2D eigenvalue weighted by molar-refractivity contribution is 7.07. The number of nitrogens with one attached hydrogen (secondary N) is 1. The Kier molecular flexibility index (Phi) is 5.45. The Morgan fingerprint density at radius 3 is 2.88 bits per heavy atom. The summed E-state index contributed by atoms with van der Waals surface area (Å²) in [7, 11) is 5.53. The number of methoxy groups -OCH3 is 1. The van der Waals surface area contributed by atoms with Gasteiger partial charge < -0.3 is 15.0 Å². The summed E-state index contributed by atoms with van der Waals surface area (Å²) in [5.74, 6) is -0.0791. The van der Waals surface area contributed by atoms with Gasteiger partial charge in [-0.15, -0.1) is 0 Å². The van der Waals surface area contributed by atoms with E-state index in [0.717, 1.165) is 0 Å². The van der Waals surface area contributed by atoms with Crippen molar-refractivity contribution in [2.75, 3.05) is 34.4 Å². The van der Waals surface area contributed by atoms with Crippen LogP contribution < -0.4 is 5.32 Å². The van der Waals surface area contributed by atoms with Gasteiger partial charge in [0.2, 0.25) is 5.91 Å². The van der Waals surface area contributed by atoms with Gasteiger partial charge in [-0.2, -0.15) is 11.3 Å². The van der Waals surface area contributed by atoms with Crippen LogP contribution in [0, 0.1) is 0 Å². The van der Waals surface area contributed by atoms with Gasteiger partial charge in [0.15, 0.2) is 0 Å². The van der Waals surface area contributed by atoms with Gasteiger partial charge in [-0.1, -0.05) is 0 Å². The third-order valence-electron chi connectivity index (χ3n) is 2.32. The Bertz CT molecular complexity index is 312. The van der Waals surface area contributed by atoms with Gasteiger partial charge in [0.25, 0.3) is 0 Å². The molecule has 1 aromatic heterocycles. The molecule has 0 radical (unpaired) electrons. The summed E-state index contributed by atoms with van der Waals surface area (Å²) in [5, 5.41) is 7.00. The van der Waals surface area contributed by atoms with Crippen molar-refractivity contribution in [3.05, 3.63) is 22.4 Å². The van der Waals surface area contributed by atoms with Crippen LogP contribution in [0.3, 0.4) is 0 Å². The lowest BCUT2D eigenvalue weighted by Crippen LogP contribution is -2.35. The van der Waals surface area contributed by atoms with E-state index < -0.39 is 0 Å². The highest BCUT2D eigenvalue weighted by Gasteiger charge is 2.15. The molecule has 0 aliphatic heterocycles. The van der Waals surface area contributed by atoms with Gasteiger partial charge in [0.05, 0.1) is 6.04 Å². The lowest BCUT2D eigenvalue weighted by atomic mass is 10.1. The van der Waals surface area contributed by atoms with Crippen molar-refractivity contribution in [3.8, 4) is 0 Å². The summed E-state index contributed by atoms with van der Waals surface area (Å²) in [6.07, 6.45) is 0. The molecule has 0 aliphatic carbocycles. The molecule has 1 amide bonds. The van der Waals surface area contributed by atoms with Gasteiger partial charge in [-0.3, -0.25) is 4.79 Å². The molecule has 16 heavy (non-hydrogen) atoms. The predicted octanol–water partition coefficient (Wildman–Crippen LogP) is 1.11. The zero-order valence-electron chi connectivity index (χ0n) is 9.90. The highest BCUT2D eigenvalue weighted by Crippen LogP contribution is 2.19. The van der Waals surface area contributed by atoms with E-state index in [9.17, 15) is 4.79 Å². The molecule has 1 rings (SSSR count). The van der Waals surface area contributed by atoms with E-state index in [1.807, 2.05) is 19.5 Å². The molecule has 90 valence electrons. The summed E-state index contributed by atoms with van der Waals surface area (Å²) in [6.45, 7) is 0.718. The second-order valence-corrected chi connectivity index (χ2v) is 4.55. The fraction of sp³-hybridized carbons (Fsp3) is 0.545. The average Bonchev–Trinajstić information content (AvgIpc) is 2.71. The molecule has 1 atom stereocenters. The number of hydrogen-bond acceptors (Lipinski definition) is 4. The van der Waals surface area contributed by atoms with E-state index in [1.54, 1.807) is 11.3 Å². The number of thiophene rings is 1. The molecule has 0 saturated carbocycles. The van der Waals surface area contributed by atoms with Crippen molar-refractivity contribution in [3.63, 3.8) is 0 Å². The molecule has 5 heteroatoms. The summed E-state index contributed by atoms with van der Waals surface area (Å²) in [4.78, 5) is 13.4. The number of carbonyl (C=O) groups is 1. The second kappa shape index (κ2) is 6.62. The standard InChI is InChI=1S/C11H18N2O2S/c1-13(2)10(9-4-5-16-8-9)6-12-11(14)7-15-3/h4-5,8,10H,6-7H2,1-3H3,(H,12,14). The van der Waals surface area contributed by atoms with Gasteiger partial charge >= 0.3 is 0 Å². The molecule has 4 nitrogen and oxygen atoms in total. The van der Waals surface area contributed by atoms with E-state index in [4.69, 9.17) is 4.74 Å². The summed E-state index contributed by atoms with van der Waals surface area (Å²) in [6, 6.07) is 2.30. The minimum atomic E-state index is -0.0791. The van der Waals surface area contributed by atoms with Crippen molar-refractivity contribution < 1.29 is 9.53 Å². The molecule has 0 fully saturated rings. The van der Waals surface area contributed by atoms with Crippen LogP contribution in [0.1, 0.15) is 11.6 Å². The maximum Gasteiger partial charge on any atom is 0.246 e. The van der Waals surface area contributed by atoms with Crippen LogP contribution >= 0.6 is 11.3 Å². The van der Waals surface area contributed by atoms with Gasteiger partial charge in [0, 0.05) is 13.7 Å². The SMILES string of the molecule is COCC(=O)NCC(c1ccsc1)N(C)C. The third kappa shape index (κ3) is 3.92. The molecule has 1 heterocycles. The Morgan fingerprint density at radius 1 is 1.62 bits per heavy atom. The smallest absolute Gasteiger partial charge is 0.246 e. The van der Waals surface area contributed by atoms with E-state index >= 15 is 0 Å². The van der Waals surface area contributed by atoms with E-state index in [1.165, 1.54) is 12.7 Å². The van der Waals surface area contributed by atoms with Crippen molar-refractivity contribution in [2.45, 2.75) is 6.04 Å². The first kappa shape index (κ1) is 13.2. The minimum Gasteiger partial charge on any atom is -0.375 e. The van der Waals surface area contributed by atoms with Crippen molar-refractivity contribution in [2.24, 2.45) is 0 Å². The highest BCUT2D eigenvalue weighted by atomic mass is 32.1. The molecule has 0 aromatic carbocycles. The first-order valence-corrected chi connectivity index (χ1v) is 6.03. The lowest BCUT2D eigenvalue weighted by molar-refractivity contribution is -0.124. The van der Waals surface area contributed by atoms with Crippen molar-refractivity contribution >= 4 is 17.2 Å². The summed E-state index contributed by atoms with van der Waals surface area (Å²) in [5.41, 5.74) is 1.23. The number of nitrogens with zero attached hydrogens (tertiary/aromatic N) is 1. The molecule has 0 aliphatic rings. The molecule has 1 aromatic rings. The van der Waals surface area contributed by atoms with Crippen LogP contribution in [0.2, 0.25) is 0 Å². The van der Waals surface area contributed by atoms with Crippen LogP contribution in [-0.4, -0.2) is 45.2 Å². The predicted molar refractivity (Wildman–Crippen MR) is 65.6 cm³/mol. The normalized spacial score (nSPS) is 12.8. The number of rotatable bonds is 6. The van der Waals surface area contributed by atoms with Crippen molar-refractivity contribution in [1.82, 2.24) is 10.2 Å². The number of likely N-dealkylation sites (N-methyl/N-ethyl adjacent to an activating group) is 1. The van der Waals surface area contributed by atoms with Gasteiger partial charge in [-0.05, 0) is 36.5 Å². The van der Waals surface area contributed by atoms with E-state index in [0.29, 0.717) is 6.54 Å². The molecule has 1 N–H and O–H groups in total. The van der Waals surface area contributed by atoms with Gasteiger partial charge in [-0.25, -0.2) is 0 Å². The van der Waals surface area contributed by atoms with Crippen LogP contribution in [-0.2, 0) is 9.53 Å². The topological polar surface area (TPSA) is 41.6 Å². The lowest BCUT2D eigenvalue weighted by Gasteiger charge is -2.23. The number of ether oxygens (including phenoxy) is 1. The minimum absolute atomic E-state index is 0.0791. The average molecular weight is 242 g/mol. The van der Waals surface area contributed by atoms with Crippen LogP contribution in [0.5, 0.6) is 0 Å². The zero-order valence-corrected chi connectivity index (χ0v) is 10.7. The molecular weight excluding hydrogens is 224 g/mol. The van der Waals surface area contributed by atoms with Crippen LogP contribution in [0.25, 0.3) is 0 Å². The Hall–Kier alpha value is -0.910. The molecule has 0 saturated heterocycles. The Balaban J connectivity index is 2.50. The monoisotopic (exact) mass is 242 g/mol.